The van der Waals surface area contributed by atoms with E-state index in [9.17, 15) is 22.4 Å². The third kappa shape index (κ3) is 5.06. The number of anilines is 3. The number of nitriles is 1. The van der Waals surface area contributed by atoms with Gasteiger partial charge in [0.2, 0.25) is 5.91 Å². The number of nitrogens with two attached hydrogens (primary N) is 1. The van der Waals surface area contributed by atoms with Crippen molar-refractivity contribution in [3.05, 3.63) is 35.3 Å². The van der Waals surface area contributed by atoms with Gasteiger partial charge in [-0.3, -0.25) is 4.79 Å². The van der Waals surface area contributed by atoms with E-state index < -0.39 is 30.4 Å². The Kier molecular flexibility index (Phi) is 5.66. The van der Waals surface area contributed by atoms with Gasteiger partial charge in [0.05, 0.1) is 29.1 Å². The van der Waals surface area contributed by atoms with E-state index in [1.54, 1.807) is 19.1 Å². The number of aryl methyl sites for hydroxylation is 1. The third-order valence-electron chi connectivity index (χ3n) is 3.22. The second-order valence-electron chi connectivity index (χ2n) is 5.37. The lowest BCUT2D eigenvalue weighted by molar-refractivity contribution is -0.144. The number of amides is 1. The van der Waals surface area contributed by atoms with Gasteiger partial charge >= 0.3 is 6.18 Å². The van der Waals surface area contributed by atoms with Gasteiger partial charge < -0.3 is 16.4 Å². The molecule has 138 valence electrons. The lowest BCUT2D eigenvalue weighted by Gasteiger charge is -2.19. The average Bonchev–Trinajstić information content (AvgIpc) is 2.93. The molecule has 0 fully saturated rings. The monoisotopic (exact) mass is 387 g/mol. The van der Waals surface area contributed by atoms with Crippen molar-refractivity contribution in [1.82, 2.24) is 4.37 Å². The molecule has 0 spiro atoms. The lowest BCUT2D eigenvalue weighted by Crippen LogP contribution is -2.39. The predicted octanol–water partition coefficient (Wildman–Crippen LogP) is 3.42. The molecule has 6 nitrogen and oxygen atoms in total. The Labute approximate surface area is 149 Å². The van der Waals surface area contributed by atoms with Crippen LogP contribution in [0.15, 0.2) is 18.2 Å². The highest BCUT2D eigenvalue weighted by Crippen LogP contribution is 2.30. The summed E-state index contributed by atoms with van der Waals surface area (Å²) in [5.41, 5.74) is 5.38. The van der Waals surface area contributed by atoms with Gasteiger partial charge in [-0.2, -0.15) is 22.8 Å². The van der Waals surface area contributed by atoms with Crippen LogP contribution in [-0.4, -0.2) is 22.5 Å². The molecule has 1 aromatic carbocycles. The molecule has 0 aliphatic carbocycles. The van der Waals surface area contributed by atoms with E-state index in [1.807, 2.05) is 0 Å². The largest absolute Gasteiger partial charge is 0.391 e. The van der Waals surface area contributed by atoms with E-state index in [1.165, 1.54) is 0 Å². The first-order valence-electron chi connectivity index (χ1n) is 7.15. The Hall–Kier alpha value is -2.87. The zero-order valence-electron chi connectivity index (χ0n) is 13.3. The van der Waals surface area contributed by atoms with Crippen LogP contribution >= 0.6 is 11.5 Å². The molecule has 0 aliphatic rings. The second kappa shape index (κ2) is 7.57. The SMILES string of the molecule is Cc1cc(Nc2cc(NC(CC(F)(F)F)C(N)=O)c(F)cc2C#N)sn1. The van der Waals surface area contributed by atoms with Crippen molar-refractivity contribution in [3.63, 3.8) is 0 Å². The normalized spacial score (nSPS) is 12.3. The molecule has 11 heteroatoms. The van der Waals surface area contributed by atoms with Gasteiger partial charge in [-0.1, -0.05) is 0 Å². The fourth-order valence-corrected chi connectivity index (χ4v) is 2.75. The standard InChI is InChI=1S/C15H13F4N5OS/c1-7-2-13(26-24-7)23-10-4-11(9(16)3-8(10)6-20)22-12(14(21)25)5-15(17,18)19/h2-4,12,22-23H,5H2,1H3,(H2,21,25). The number of nitrogens with zero attached hydrogens (tertiary/aromatic N) is 2. The molecule has 1 amide bonds. The maximum Gasteiger partial charge on any atom is 0.391 e. The summed E-state index contributed by atoms with van der Waals surface area (Å²) in [5.74, 6) is -2.26. The minimum atomic E-state index is -4.67. The molecule has 0 bridgehead atoms. The van der Waals surface area contributed by atoms with Gasteiger partial charge in [-0.15, -0.1) is 0 Å². The number of hydrogen-bond acceptors (Lipinski definition) is 6. The van der Waals surface area contributed by atoms with Crippen molar-refractivity contribution < 1.29 is 22.4 Å². The van der Waals surface area contributed by atoms with Crippen LogP contribution in [-0.2, 0) is 4.79 Å². The number of primary amides is 1. The number of benzene rings is 1. The average molecular weight is 387 g/mol. The highest BCUT2D eigenvalue weighted by Gasteiger charge is 2.35. The summed E-state index contributed by atoms with van der Waals surface area (Å²) in [5, 5.41) is 14.7. The molecule has 0 aliphatic heterocycles. The number of halogens is 4. The van der Waals surface area contributed by atoms with E-state index in [0.717, 1.165) is 29.4 Å². The minimum absolute atomic E-state index is 0.0643. The smallest absolute Gasteiger partial charge is 0.371 e. The Bertz CT molecular complexity index is 859. The van der Waals surface area contributed by atoms with Gasteiger partial charge in [0.15, 0.2) is 0 Å². The first-order chi connectivity index (χ1) is 12.1. The van der Waals surface area contributed by atoms with Gasteiger partial charge in [-0.25, -0.2) is 4.39 Å². The van der Waals surface area contributed by atoms with Gasteiger partial charge in [-0.05, 0) is 36.7 Å². The van der Waals surface area contributed by atoms with Crippen molar-refractivity contribution in [2.45, 2.75) is 25.6 Å². The molecular formula is C15H13F4N5OS. The number of carbonyl (C=O) groups is 1. The molecule has 4 N–H and O–H groups in total. The summed E-state index contributed by atoms with van der Waals surface area (Å²) in [7, 11) is 0. The van der Waals surface area contributed by atoms with Crippen LogP contribution in [0.25, 0.3) is 0 Å². The molecule has 1 unspecified atom stereocenters. The molecule has 0 saturated carbocycles. The fraction of sp³-hybridized carbons (Fsp3) is 0.267. The molecule has 2 rings (SSSR count). The van der Waals surface area contributed by atoms with E-state index >= 15 is 0 Å². The second-order valence-corrected chi connectivity index (χ2v) is 6.17. The number of alkyl halides is 3. The van der Waals surface area contributed by atoms with Gasteiger partial charge in [0.25, 0.3) is 0 Å². The summed E-state index contributed by atoms with van der Waals surface area (Å²) >= 11 is 1.09. The highest BCUT2D eigenvalue weighted by atomic mass is 32.1. The topological polar surface area (TPSA) is 104 Å². The zero-order chi connectivity index (χ0) is 19.5. The quantitative estimate of drug-likeness (QED) is 0.659. The van der Waals surface area contributed by atoms with Crippen LogP contribution in [0.2, 0.25) is 0 Å². The number of nitrogens with one attached hydrogen (secondary N) is 2. The van der Waals surface area contributed by atoms with Gasteiger partial charge in [0.1, 0.15) is 22.9 Å². The molecular weight excluding hydrogens is 374 g/mol. The number of aromatic nitrogens is 1. The van der Waals surface area contributed by atoms with Crippen LogP contribution < -0.4 is 16.4 Å². The van der Waals surface area contributed by atoms with E-state index in [2.05, 4.69) is 15.0 Å². The molecule has 0 radical (unpaired) electrons. The van der Waals surface area contributed by atoms with Crippen LogP contribution in [0.3, 0.4) is 0 Å². The van der Waals surface area contributed by atoms with Crippen LogP contribution in [0.4, 0.5) is 33.9 Å². The van der Waals surface area contributed by atoms with Crippen LogP contribution in [0.1, 0.15) is 17.7 Å². The summed E-state index contributed by atoms with van der Waals surface area (Å²) in [6, 6.07) is 3.57. The predicted molar refractivity (Wildman–Crippen MR) is 88.5 cm³/mol. The van der Waals surface area contributed by atoms with E-state index in [4.69, 9.17) is 11.0 Å². The Balaban J connectivity index is 2.34. The molecule has 1 atom stereocenters. The maximum atomic E-state index is 14.1. The van der Waals surface area contributed by atoms with E-state index in [0.29, 0.717) is 5.00 Å². The Morgan fingerprint density at radius 2 is 2.08 bits per heavy atom. The van der Waals surface area contributed by atoms with Crippen molar-refractivity contribution >= 4 is 33.8 Å². The van der Waals surface area contributed by atoms with E-state index in [-0.39, 0.29) is 16.9 Å². The summed E-state index contributed by atoms with van der Waals surface area (Å²) < 4.78 is 55.8. The Morgan fingerprint density at radius 1 is 1.38 bits per heavy atom. The number of carbonyl (C=O) groups excluding carboxylic acids is 1. The summed E-state index contributed by atoms with van der Waals surface area (Å²) in [6.45, 7) is 1.75. The molecule has 1 aromatic heterocycles. The van der Waals surface area contributed by atoms with Crippen LogP contribution in [0, 0.1) is 24.1 Å². The third-order valence-corrected chi connectivity index (χ3v) is 4.02. The minimum Gasteiger partial charge on any atom is -0.371 e. The number of rotatable bonds is 6. The molecule has 1 heterocycles. The van der Waals surface area contributed by atoms with Crippen molar-refractivity contribution in [2.75, 3.05) is 10.6 Å². The first-order valence-corrected chi connectivity index (χ1v) is 7.93. The fourth-order valence-electron chi connectivity index (χ4n) is 2.08. The molecule has 26 heavy (non-hydrogen) atoms. The maximum absolute atomic E-state index is 14.1. The zero-order valence-corrected chi connectivity index (χ0v) is 14.1. The van der Waals surface area contributed by atoms with Gasteiger partial charge in [0, 0.05) is 0 Å². The van der Waals surface area contributed by atoms with Crippen molar-refractivity contribution in [2.24, 2.45) is 5.73 Å². The van der Waals surface area contributed by atoms with Crippen molar-refractivity contribution in [3.8, 4) is 6.07 Å². The van der Waals surface area contributed by atoms with Crippen LogP contribution in [0.5, 0.6) is 0 Å². The number of hydrogen-bond donors (Lipinski definition) is 3. The molecule has 0 saturated heterocycles. The lowest BCUT2D eigenvalue weighted by atomic mass is 10.1. The van der Waals surface area contributed by atoms with Crippen molar-refractivity contribution in [1.29, 1.82) is 5.26 Å². The first kappa shape index (κ1) is 19.5. The summed E-state index contributed by atoms with van der Waals surface area (Å²) in [4.78, 5) is 11.3. The summed E-state index contributed by atoms with van der Waals surface area (Å²) in [6.07, 6.45) is -6.23. The molecule has 2 aromatic rings. The highest BCUT2D eigenvalue weighted by molar-refractivity contribution is 7.10. The Morgan fingerprint density at radius 3 is 2.58 bits per heavy atom.